The van der Waals surface area contributed by atoms with Gasteiger partial charge in [-0.3, -0.25) is 10.1 Å². The third-order valence-corrected chi connectivity index (χ3v) is 1.88. The average Bonchev–Trinajstić information content (AvgIpc) is 2.08. The van der Waals surface area contributed by atoms with Crippen LogP contribution in [0.1, 0.15) is 11.3 Å². The van der Waals surface area contributed by atoms with E-state index in [-0.39, 0.29) is 5.69 Å². The summed E-state index contributed by atoms with van der Waals surface area (Å²) in [5.41, 5.74) is 1.64. The number of nitrogens with zero attached hydrogens (tertiary/aromatic N) is 2. The first kappa shape index (κ1) is 9.44. The van der Waals surface area contributed by atoms with Crippen LogP contribution in [0.2, 0.25) is 0 Å². The molecule has 5 heteroatoms. The zero-order chi connectivity index (χ0) is 10.0. The van der Waals surface area contributed by atoms with Crippen LogP contribution in [0.15, 0.2) is 6.07 Å². The Morgan fingerprint density at radius 2 is 2.15 bits per heavy atom. The van der Waals surface area contributed by atoms with Gasteiger partial charge in [0.1, 0.15) is 0 Å². The van der Waals surface area contributed by atoms with Gasteiger partial charge in [0, 0.05) is 18.8 Å². The van der Waals surface area contributed by atoms with E-state index in [2.05, 4.69) is 10.3 Å². The second-order valence-corrected chi connectivity index (χ2v) is 2.77. The molecule has 0 atom stereocenters. The Kier molecular flexibility index (Phi) is 2.46. The van der Waals surface area contributed by atoms with Gasteiger partial charge in [0.15, 0.2) is 0 Å². The summed E-state index contributed by atoms with van der Waals surface area (Å²) < 4.78 is 0. The summed E-state index contributed by atoms with van der Waals surface area (Å²) in [4.78, 5) is 14.2. The van der Waals surface area contributed by atoms with Crippen molar-refractivity contribution in [3.8, 4) is 0 Å². The molecule has 1 aromatic rings. The molecule has 0 saturated carbocycles. The van der Waals surface area contributed by atoms with E-state index < -0.39 is 4.92 Å². The maximum absolute atomic E-state index is 10.6. The summed E-state index contributed by atoms with van der Waals surface area (Å²) in [6.07, 6.45) is 0. The summed E-state index contributed by atoms with van der Waals surface area (Å²) in [7, 11) is 1.62. The van der Waals surface area contributed by atoms with Crippen molar-refractivity contribution in [3.63, 3.8) is 0 Å². The van der Waals surface area contributed by atoms with Crippen molar-refractivity contribution in [1.82, 2.24) is 4.98 Å². The Balaban J connectivity index is 3.33. The molecule has 0 fully saturated rings. The third kappa shape index (κ3) is 1.74. The van der Waals surface area contributed by atoms with E-state index in [0.29, 0.717) is 5.82 Å². The van der Waals surface area contributed by atoms with Gasteiger partial charge >= 0.3 is 5.69 Å². The molecule has 13 heavy (non-hydrogen) atoms. The van der Waals surface area contributed by atoms with Crippen LogP contribution >= 0.6 is 0 Å². The van der Waals surface area contributed by atoms with Crippen LogP contribution in [-0.2, 0) is 0 Å². The lowest BCUT2D eigenvalue weighted by Gasteiger charge is -2.04. The van der Waals surface area contributed by atoms with Crippen LogP contribution in [0.5, 0.6) is 0 Å². The molecule has 1 aromatic heterocycles. The Morgan fingerprint density at radius 1 is 1.54 bits per heavy atom. The van der Waals surface area contributed by atoms with Crippen molar-refractivity contribution in [1.29, 1.82) is 0 Å². The van der Waals surface area contributed by atoms with Crippen molar-refractivity contribution < 1.29 is 4.92 Å². The molecule has 0 aliphatic carbocycles. The first-order chi connectivity index (χ1) is 6.06. The maximum atomic E-state index is 10.6. The number of nitro groups is 1. The lowest BCUT2D eigenvalue weighted by Crippen LogP contribution is -2.01. The highest BCUT2D eigenvalue weighted by Gasteiger charge is 2.15. The van der Waals surface area contributed by atoms with Crippen molar-refractivity contribution in [2.45, 2.75) is 13.8 Å². The molecule has 0 bridgehead atoms. The molecule has 0 aromatic carbocycles. The molecule has 0 unspecified atom stereocenters. The van der Waals surface area contributed by atoms with Gasteiger partial charge in [0.25, 0.3) is 0 Å². The molecular weight excluding hydrogens is 170 g/mol. The highest BCUT2D eigenvalue weighted by Crippen LogP contribution is 2.23. The van der Waals surface area contributed by atoms with E-state index in [9.17, 15) is 10.1 Å². The fourth-order valence-corrected chi connectivity index (χ4v) is 1.01. The first-order valence-electron chi connectivity index (χ1n) is 3.86. The zero-order valence-corrected chi connectivity index (χ0v) is 7.79. The molecule has 0 aliphatic rings. The fraction of sp³-hybridized carbons (Fsp3) is 0.375. The number of rotatable bonds is 2. The molecule has 1 rings (SSSR count). The second-order valence-electron chi connectivity index (χ2n) is 2.77. The summed E-state index contributed by atoms with van der Waals surface area (Å²) in [6.45, 7) is 3.62. The van der Waals surface area contributed by atoms with Crippen molar-refractivity contribution in [2.75, 3.05) is 12.4 Å². The summed E-state index contributed by atoms with van der Waals surface area (Å²) in [6, 6.07) is 1.52. The van der Waals surface area contributed by atoms with Crippen LogP contribution in [0.4, 0.5) is 11.5 Å². The Morgan fingerprint density at radius 3 is 2.62 bits per heavy atom. The van der Waals surface area contributed by atoms with Gasteiger partial charge in [0.2, 0.25) is 5.82 Å². The SMILES string of the molecule is CNc1nc(C)c(C)cc1[N+](=O)[O-]. The summed E-state index contributed by atoms with van der Waals surface area (Å²) in [5.74, 6) is 0.313. The van der Waals surface area contributed by atoms with Crippen LogP contribution in [0.25, 0.3) is 0 Å². The van der Waals surface area contributed by atoms with E-state index in [1.165, 1.54) is 6.07 Å². The van der Waals surface area contributed by atoms with Gasteiger partial charge in [-0.25, -0.2) is 4.98 Å². The Hall–Kier alpha value is -1.65. The molecular formula is C8H11N3O2. The van der Waals surface area contributed by atoms with Gasteiger partial charge in [-0.2, -0.15) is 0 Å². The molecule has 70 valence electrons. The van der Waals surface area contributed by atoms with Crippen LogP contribution < -0.4 is 5.32 Å². The summed E-state index contributed by atoms with van der Waals surface area (Å²) >= 11 is 0. The van der Waals surface area contributed by atoms with E-state index in [0.717, 1.165) is 11.3 Å². The topological polar surface area (TPSA) is 68.1 Å². The van der Waals surface area contributed by atoms with Gasteiger partial charge in [-0.05, 0) is 19.4 Å². The maximum Gasteiger partial charge on any atom is 0.311 e. The Labute approximate surface area is 75.9 Å². The van der Waals surface area contributed by atoms with Gasteiger partial charge in [0.05, 0.1) is 4.92 Å². The minimum atomic E-state index is -0.439. The van der Waals surface area contributed by atoms with E-state index >= 15 is 0 Å². The standard InChI is InChI=1S/C8H11N3O2/c1-5-4-7(11(12)13)8(9-3)10-6(5)2/h4H,1-3H3,(H,9,10). The number of hydrogen-bond acceptors (Lipinski definition) is 4. The smallest absolute Gasteiger partial charge is 0.311 e. The van der Waals surface area contributed by atoms with Crippen molar-refractivity contribution >= 4 is 11.5 Å². The lowest BCUT2D eigenvalue weighted by molar-refractivity contribution is -0.384. The molecule has 0 amide bonds. The number of aryl methyl sites for hydroxylation is 2. The number of nitrogens with one attached hydrogen (secondary N) is 1. The van der Waals surface area contributed by atoms with Gasteiger partial charge < -0.3 is 5.32 Å². The first-order valence-corrected chi connectivity index (χ1v) is 3.86. The largest absolute Gasteiger partial charge is 0.367 e. The van der Waals surface area contributed by atoms with E-state index in [4.69, 9.17) is 0 Å². The minimum absolute atomic E-state index is 0.0191. The van der Waals surface area contributed by atoms with Crippen LogP contribution in [0, 0.1) is 24.0 Å². The third-order valence-electron chi connectivity index (χ3n) is 1.88. The lowest BCUT2D eigenvalue weighted by atomic mass is 10.2. The molecule has 0 spiro atoms. The molecule has 0 saturated heterocycles. The molecule has 1 heterocycles. The second kappa shape index (κ2) is 3.38. The quantitative estimate of drug-likeness (QED) is 0.556. The minimum Gasteiger partial charge on any atom is -0.367 e. The molecule has 1 N–H and O–H groups in total. The predicted octanol–water partition coefficient (Wildman–Crippen LogP) is 1.65. The van der Waals surface area contributed by atoms with Crippen molar-refractivity contribution in [3.05, 3.63) is 27.4 Å². The van der Waals surface area contributed by atoms with Crippen LogP contribution in [0.3, 0.4) is 0 Å². The highest BCUT2D eigenvalue weighted by molar-refractivity contribution is 5.57. The molecule has 5 nitrogen and oxygen atoms in total. The number of aromatic nitrogens is 1. The van der Waals surface area contributed by atoms with E-state index in [1.54, 1.807) is 14.0 Å². The molecule has 0 radical (unpaired) electrons. The normalized spacial score (nSPS) is 9.77. The van der Waals surface area contributed by atoms with Crippen LogP contribution in [-0.4, -0.2) is 17.0 Å². The summed E-state index contributed by atoms with van der Waals surface area (Å²) in [5, 5.41) is 13.3. The van der Waals surface area contributed by atoms with Crippen molar-refractivity contribution in [2.24, 2.45) is 0 Å². The van der Waals surface area contributed by atoms with E-state index in [1.807, 2.05) is 6.92 Å². The Bertz CT molecular complexity index is 349. The van der Waals surface area contributed by atoms with Gasteiger partial charge in [-0.15, -0.1) is 0 Å². The predicted molar refractivity (Wildman–Crippen MR) is 49.9 cm³/mol. The van der Waals surface area contributed by atoms with Gasteiger partial charge in [-0.1, -0.05) is 0 Å². The highest BCUT2D eigenvalue weighted by atomic mass is 16.6. The zero-order valence-electron chi connectivity index (χ0n) is 7.79. The fourth-order valence-electron chi connectivity index (χ4n) is 1.01. The number of anilines is 1. The number of pyridine rings is 1. The monoisotopic (exact) mass is 181 g/mol. The average molecular weight is 181 g/mol. The number of hydrogen-bond donors (Lipinski definition) is 1. The molecule has 0 aliphatic heterocycles.